The van der Waals surface area contributed by atoms with Gasteiger partial charge in [0.25, 0.3) is 0 Å². The van der Waals surface area contributed by atoms with Gasteiger partial charge in [0.15, 0.2) is 0 Å². The highest BCUT2D eigenvalue weighted by Gasteiger charge is 2.51. The molecule has 9 rings (SSSR count). The van der Waals surface area contributed by atoms with E-state index in [1.807, 2.05) is 30.5 Å². The summed E-state index contributed by atoms with van der Waals surface area (Å²) in [6.45, 7) is 0. The Morgan fingerprint density at radius 3 is 1.88 bits per heavy atom. The summed E-state index contributed by atoms with van der Waals surface area (Å²) in [7, 11) is 0. The fraction of sp³-hybridized carbons (Fsp3) is 0.0250. The van der Waals surface area contributed by atoms with E-state index in [1.165, 1.54) is 16.7 Å². The molecule has 0 unspecified atom stereocenters. The summed E-state index contributed by atoms with van der Waals surface area (Å²) in [5.41, 5.74) is 12.3. The Labute approximate surface area is 254 Å². The summed E-state index contributed by atoms with van der Waals surface area (Å²) in [5, 5.41) is 1.87. The van der Waals surface area contributed by atoms with Crippen LogP contribution in [0.1, 0.15) is 22.3 Å². The molecule has 0 radical (unpaired) electrons. The van der Waals surface area contributed by atoms with E-state index in [9.17, 15) is 0 Å². The van der Waals surface area contributed by atoms with Crippen LogP contribution in [0.25, 0.3) is 44.3 Å². The summed E-state index contributed by atoms with van der Waals surface area (Å²) >= 11 is 6.66. The van der Waals surface area contributed by atoms with Crippen molar-refractivity contribution in [2.24, 2.45) is 0 Å². The topological polar surface area (TPSA) is 22.1 Å². The van der Waals surface area contributed by atoms with E-state index in [0.29, 0.717) is 0 Å². The molecule has 0 fully saturated rings. The van der Waals surface area contributed by atoms with Crippen LogP contribution in [0.15, 0.2) is 146 Å². The zero-order valence-corrected chi connectivity index (χ0v) is 23.8. The van der Waals surface area contributed by atoms with Crippen molar-refractivity contribution in [3.63, 3.8) is 0 Å². The van der Waals surface area contributed by atoms with Crippen LogP contribution >= 0.6 is 11.6 Å². The zero-order valence-electron chi connectivity index (χ0n) is 23.1. The first-order valence-electron chi connectivity index (χ1n) is 14.5. The van der Waals surface area contributed by atoms with Gasteiger partial charge in [-0.05, 0) is 75.3 Å². The number of rotatable bonds is 2. The fourth-order valence-electron chi connectivity index (χ4n) is 7.24. The van der Waals surface area contributed by atoms with Crippen molar-refractivity contribution in [3.05, 3.63) is 173 Å². The van der Waals surface area contributed by atoms with E-state index in [1.54, 1.807) is 0 Å². The Kier molecular flexibility index (Phi) is 5.20. The van der Waals surface area contributed by atoms with Gasteiger partial charge in [0.05, 0.1) is 10.9 Å². The van der Waals surface area contributed by atoms with Crippen molar-refractivity contribution in [1.82, 2.24) is 4.98 Å². The largest absolute Gasteiger partial charge is 0.457 e. The zero-order chi connectivity index (χ0) is 28.5. The second-order valence-corrected chi connectivity index (χ2v) is 11.7. The second-order valence-electron chi connectivity index (χ2n) is 11.3. The molecule has 1 aromatic heterocycles. The molecule has 0 atom stereocenters. The number of fused-ring (bicyclic) bond motifs is 10. The van der Waals surface area contributed by atoms with E-state index < -0.39 is 5.41 Å². The lowest BCUT2D eigenvalue weighted by atomic mass is 9.66. The maximum Gasteiger partial charge on any atom is 0.132 e. The number of ether oxygens (including phenoxy) is 1. The van der Waals surface area contributed by atoms with Crippen LogP contribution in [0.2, 0.25) is 5.02 Å². The summed E-state index contributed by atoms with van der Waals surface area (Å²) in [4.78, 5) is 4.66. The van der Waals surface area contributed by atoms with Gasteiger partial charge < -0.3 is 4.74 Å². The molecule has 1 aliphatic heterocycles. The highest BCUT2D eigenvalue weighted by Crippen LogP contribution is 2.62. The Morgan fingerprint density at radius 1 is 0.488 bits per heavy atom. The Bertz CT molecular complexity index is 2180. The van der Waals surface area contributed by atoms with Crippen molar-refractivity contribution < 1.29 is 4.74 Å². The van der Waals surface area contributed by atoms with Crippen LogP contribution in [0.5, 0.6) is 11.5 Å². The molecule has 2 aliphatic rings. The number of nitrogens with zero attached hydrogens (tertiary/aromatic N) is 1. The maximum atomic E-state index is 6.66. The minimum absolute atomic E-state index is 0.496. The quantitative estimate of drug-likeness (QED) is 0.206. The van der Waals surface area contributed by atoms with Crippen LogP contribution in [0.3, 0.4) is 0 Å². The lowest BCUT2D eigenvalue weighted by molar-refractivity contribution is 0.436. The van der Waals surface area contributed by atoms with Gasteiger partial charge in [0.1, 0.15) is 11.5 Å². The lowest BCUT2D eigenvalue weighted by Crippen LogP contribution is -2.32. The molecule has 7 aromatic rings. The molecule has 0 N–H and O–H groups in total. The van der Waals surface area contributed by atoms with Crippen LogP contribution in [0, 0.1) is 0 Å². The average Bonchev–Trinajstić information content (AvgIpc) is 3.34. The number of halogens is 1. The molecule has 0 saturated heterocycles. The number of benzene rings is 6. The molecule has 43 heavy (non-hydrogen) atoms. The van der Waals surface area contributed by atoms with Crippen molar-refractivity contribution in [1.29, 1.82) is 0 Å². The predicted octanol–water partition coefficient (Wildman–Crippen LogP) is 10.7. The van der Waals surface area contributed by atoms with Gasteiger partial charge in [-0.2, -0.15) is 0 Å². The minimum atomic E-state index is -0.496. The third kappa shape index (κ3) is 3.45. The molecule has 1 aliphatic carbocycles. The lowest BCUT2D eigenvalue weighted by Gasteiger charge is -2.39. The monoisotopic (exact) mass is 569 g/mol. The van der Waals surface area contributed by atoms with Gasteiger partial charge >= 0.3 is 0 Å². The number of aromatic nitrogens is 1. The summed E-state index contributed by atoms with van der Waals surface area (Å²) < 4.78 is 6.45. The molecule has 6 aromatic carbocycles. The third-order valence-electron chi connectivity index (χ3n) is 9.06. The third-order valence-corrected chi connectivity index (χ3v) is 9.30. The first-order chi connectivity index (χ1) is 21.2. The molecule has 2 heterocycles. The van der Waals surface area contributed by atoms with Crippen molar-refractivity contribution in [3.8, 4) is 44.9 Å². The number of para-hydroxylation sites is 3. The number of pyridine rings is 1. The summed E-state index contributed by atoms with van der Waals surface area (Å²) in [6, 6.07) is 49.3. The highest BCUT2D eigenvalue weighted by molar-refractivity contribution is 6.31. The van der Waals surface area contributed by atoms with Gasteiger partial charge in [-0.3, -0.25) is 4.98 Å². The van der Waals surface area contributed by atoms with E-state index in [0.717, 1.165) is 66.4 Å². The van der Waals surface area contributed by atoms with Gasteiger partial charge in [-0.1, -0.05) is 115 Å². The summed E-state index contributed by atoms with van der Waals surface area (Å²) in [6.07, 6.45) is 1.86. The standard InChI is InChI=1S/C40H24ClNO/c41-29-19-21-34-32(24-29)31-23-28(25-14-16-26(17-15-25)30-9-5-7-27-8-6-22-42-39(27)30)18-20-33(31)40(34)35-10-1-3-12-37(35)43-38-13-4-2-11-36(38)40/h1-24H. The van der Waals surface area contributed by atoms with Gasteiger partial charge in [-0.25, -0.2) is 0 Å². The number of hydrogen-bond donors (Lipinski definition) is 0. The number of hydrogen-bond acceptors (Lipinski definition) is 2. The van der Waals surface area contributed by atoms with Crippen LogP contribution < -0.4 is 4.74 Å². The molecule has 1 spiro atoms. The average molecular weight is 570 g/mol. The molecule has 0 amide bonds. The molecule has 0 bridgehead atoms. The molecule has 202 valence electrons. The molecular formula is C40H24ClNO. The molecular weight excluding hydrogens is 546 g/mol. The second kappa shape index (κ2) is 9.16. The van der Waals surface area contributed by atoms with Crippen molar-refractivity contribution in [2.45, 2.75) is 5.41 Å². The highest BCUT2D eigenvalue weighted by atomic mass is 35.5. The smallest absolute Gasteiger partial charge is 0.132 e. The molecule has 3 heteroatoms. The maximum absolute atomic E-state index is 6.66. The van der Waals surface area contributed by atoms with Crippen LogP contribution in [0.4, 0.5) is 0 Å². The molecule has 2 nitrogen and oxygen atoms in total. The SMILES string of the molecule is Clc1ccc2c(c1)-c1cc(-c3ccc(-c4cccc5cccnc45)cc3)ccc1C21c2ccccc2Oc2ccccc21. The van der Waals surface area contributed by atoms with E-state index >= 15 is 0 Å². The Morgan fingerprint density at radius 2 is 1.12 bits per heavy atom. The van der Waals surface area contributed by atoms with Crippen LogP contribution in [-0.4, -0.2) is 4.98 Å². The first kappa shape index (κ1) is 24.4. The predicted molar refractivity (Wildman–Crippen MR) is 175 cm³/mol. The van der Waals surface area contributed by atoms with E-state index in [4.69, 9.17) is 16.3 Å². The normalized spacial score (nSPS) is 13.6. The fourth-order valence-corrected chi connectivity index (χ4v) is 7.41. The molecule has 0 saturated carbocycles. The van der Waals surface area contributed by atoms with Gasteiger partial charge in [0, 0.05) is 33.3 Å². The van der Waals surface area contributed by atoms with Gasteiger partial charge in [-0.15, -0.1) is 0 Å². The van der Waals surface area contributed by atoms with Crippen molar-refractivity contribution in [2.75, 3.05) is 0 Å². The van der Waals surface area contributed by atoms with Crippen LogP contribution in [-0.2, 0) is 5.41 Å². The van der Waals surface area contributed by atoms with E-state index in [-0.39, 0.29) is 0 Å². The Balaban J connectivity index is 1.23. The summed E-state index contributed by atoms with van der Waals surface area (Å²) in [5.74, 6) is 1.77. The van der Waals surface area contributed by atoms with E-state index in [2.05, 4.69) is 120 Å². The van der Waals surface area contributed by atoms with Gasteiger partial charge in [0.2, 0.25) is 0 Å². The van der Waals surface area contributed by atoms with Crippen molar-refractivity contribution >= 4 is 22.5 Å². The first-order valence-corrected chi connectivity index (χ1v) is 14.9. The minimum Gasteiger partial charge on any atom is -0.457 e. The Hall–Kier alpha value is -5.18.